The summed E-state index contributed by atoms with van der Waals surface area (Å²) in [5.74, 6) is -0.711. The Bertz CT molecular complexity index is 1360. The van der Waals surface area contributed by atoms with E-state index in [9.17, 15) is 23.3 Å². The summed E-state index contributed by atoms with van der Waals surface area (Å²) in [4.78, 5) is 24.5. The number of nitriles is 1. The minimum atomic E-state index is -3.90. The van der Waals surface area contributed by atoms with Gasteiger partial charge in [0.1, 0.15) is 16.5 Å². The number of rotatable bonds is 7. The van der Waals surface area contributed by atoms with Crippen LogP contribution in [0.5, 0.6) is 11.5 Å². The summed E-state index contributed by atoms with van der Waals surface area (Å²) in [6.45, 7) is 0.295. The van der Waals surface area contributed by atoms with Crippen LogP contribution in [-0.2, 0) is 29.1 Å². The third-order valence-corrected chi connectivity index (χ3v) is 7.57. The van der Waals surface area contributed by atoms with E-state index < -0.39 is 28.5 Å². The van der Waals surface area contributed by atoms with Crippen molar-refractivity contribution in [3.05, 3.63) is 52.6 Å². The topological polar surface area (TPSA) is 144 Å². The maximum atomic E-state index is 12.9. The van der Waals surface area contributed by atoms with E-state index in [1.807, 2.05) is 0 Å². The van der Waals surface area contributed by atoms with Crippen molar-refractivity contribution < 1.29 is 37.0 Å². The van der Waals surface area contributed by atoms with Crippen LogP contribution in [-0.4, -0.2) is 64.3 Å². The summed E-state index contributed by atoms with van der Waals surface area (Å²) < 4.78 is 47.7. The lowest BCUT2D eigenvalue weighted by Crippen LogP contribution is -2.40. The fraction of sp³-hybridized carbons (Fsp3) is 0.261. The molecule has 36 heavy (non-hydrogen) atoms. The van der Waals surface area contributed by atoms with Gasteiger partial charge in [-0.3, -0.25) is 4.79 Å². The number of ether oxygens (including phenoxy) is 4. The predicted octanol–water partition coefficient (Wildman–Crippen LogP) is 2.18. The number of hydrogen-bond donors (Lipinski definition) is 1. The molecule has 2 aliphatic heterocycles. The molecule has 1 N–H and O–H groups in total. The first-order valence-electron chi connectivity index (χ1n) is 10.6. The molecule has 4 rings (SSSR count). The van der Waals surface area contributed by atoms with Gasteiger partial charge in [-0.05, 0) is 42.0 Å². The van der Waals surface area contributed by atoms with Crippen LogP contribution in [0.1, 0.15) is 5.56 Å². The van der Waals surface area contributed by atoms with Gasteiger partial charge in [-0.1, -0.05) is 17.7 Å². The molecule has 2 aromatic rings. The molecule has 1 saturated heterocycles. The van der Waals surface area contributed by atoms with Gasteiger partial charge in [-0.25, -0.2) is 13.2 Å². The summed E-state index contributed by atoms with van der Waals surface area (Å²) in [6, 6.07) is 10.6. The molecule has 0 radical (unpaired) electrons. The molecule has 13 heteroatoms. The lowest BCUT2D eigenvalue weighted by molar-refractivity contribution is -0.142. The smallest absolute Gasteiger partial charge is 0.349 e. The van der Waals surface area contributed by atoms with Crippen molar-refractivity contribution in [2.75, 3.05) is 45.0 Å². The van der Waals surface area contributed by atoms with Gasteiger partial charge in [0, 0.05) is 18.8 Å². The van der Waals surface area contributed by atoms with E-state index in [0.717, 1.165) is 0 Å². The monoisotopic (exact) mass is 533 g/mol. The zero-order valence-corrected chi connectivity index (χ0v) is 20.3. The summed E-state index contributed by atoms with van der Waals surface area (Å²) in [5.41, 5.74) is 0.322. The summed E-state index contributed by atoms with van der Waals surface area (Å²) in [6.07, 6.45) is 1.30. The number of fused-ring (bicyclic) bond motifs is 1. The van der Waals surface area contributed by atoms with Crippen LogP contribution in [0.2, 0.25) is 5.02 Å². The van der Waals surface area contributed by atoms with Crippen LogP contribution in [0.3, 0.4) is 0 Å². The first kappa shape index (κ1) is 25.5. The van der Waals surface area contributed by atoms with E-state index >= 15 is 0 Å². The number of morpholine rings is 1. The van der Waals surface area contributed by atoms with Gasteiger partial charge in [-0.15, -0.1) is 0 Å². The Morgan fingerprint density at radius 1 is 1.14 bits per heavy atom. The predicted molar refractivity (Wildman–Crippen MR) is 127 cm³/mol. The summed E-state index contributed by atoms with van der Waals surface area (Å²) >= 11 is 6.12. The van der Waals surface area contributed by atoms with Gasteiger partial charge in [0.05, 0.1) is 18.2 Å². The summed E-state index contributed by atoms with van der Waals surface area (Å²) in [7, 11) is -3.90. The van der Waals surface area contributed by atoms with Gasteiger partial charge in [0.2, 0.25) is 16.8 Å². The number of sulfonamides is 1. The van der Waals surface area contributed by atoms with E-state index in [-0.39, 0.29) is 54.3 Å². The third kappa shape index (κ3) is 5.77. The lowest BCUT2D eigenvalue weighted by atomic mass is 10.1. The van der Waals surface area contributed by atoms with Crippen LogP contribution in [0.4, 0.5) is 5.69 Å². The molecule has 0 saturated carbocycles. The van der Waals surface area contributed by atoms with Crippen LogP contribution in [0.15, 0.2) is 46.9 Å². The highest BCUT2D eigenvalue weighted by atomic mass is 35.5. The number of anilines is 1. The molecule has 0 aromatic heterocycles. The number of carbonyl (C=O) groups is 2. The normalized spacial score (nSPS) is 15.7. The fourth-order valence-electron chi connectivity index (χ4n) is 3.42. The van der Waals surface area contributed by atoms with E-state index in [2.05, 4.69) is 5.32 Å². The van der Waals surface area contributed by atoms with Crippen molar-refractivity contribution in [3.63, 3.8) is 0 Å². The fourth-order valence-corrected chi connectivity index (χ4v) is 5.33. The second-order valence-corrected chi connectivity index (χ2v) is 9.88. The zero-order chi connectivity index (χ0) is 25.7. The minimum absolute atomic E-state index is 0.00163. The molecule has 0 atom stereocenters. The molecular weight excluding hydrogens is 514 g/mol. The molecule has 0 bridgehead atoms. The number of amides is 1. The quantitative estimate of drug-likeness (QED) is 0.321. The van der Waals surface area contributed by atoms with Gasteiger partial charge in [0.25, 0.3) is 5.91 Å². The standard InChI is InChI=1S/C23H20ClN3O8S/c24-18-3-2-17(11-21(18)36(30,31)27-5-7-32-8-6-27)26-22(28)13-33-23(29)16(12-25)9-15-1-4-19-20(10-15)35-14-34-19/h1-4,9-11H,5-8,13-14H2,(H,26,28). The molecule has 188 valence electrons. The van der Waals surface area contributed by atoms with E-state index in [4.69, 9.17) is 30.5 Å². The van der Waals surface area contributed by atoms with Gasteiger partial charge >= 0.3 is 5.97 Å². The molecule has 1 fully saturated rings. The second-order valence-electron chi connectivity index (χ2n) is 7.57. The highest BCUT2D eigenvalue weighted by molar-refractivity contribution is 7.89. The lowest BCUT2D eigenvalue weighted by Gasteiger charge is -2.26. The number of carbonyl (C=O) groups excluding carboxylic acids is 2. The molecule has 0 aliphatic carbocycles. The molecule has 0 unspecified atom stereocenters. The Morgan fingerprint density at radius 2 is 1.89 bits per heavy atom. The van der Waals surface area contributed by atoms with Crippen molar-refractivity contribution in [2.45, 2.75) is 4.90 Å². The third-order valence-electron chi connectivity index (χ3n) is 5.19. The molecule has 1 amide bonds. The molecule has 2 aliphatic rings. The van der Waals surface area contributed by atoms with Crippen molar-refractivity contribution in [1.29, 1.82) is 5.26 Å². The van der Waals surface area contributed by atoms with Crippen LogP contribution >= 0.6 is 11.6 Å². The molecule has 2 heterocycles. The van der Waals surface area contributed by atoms with Crippen molar-refractivity contribution in [1.82, 2.24) is 4.31 Å². The number of nitrogens with zero attached hydrogens (tertiary/aromatic N) is 2. The Kier molecular flexibility index (Phi) is 7.76. The SMILES string of the molecule is N#CC(=Cc1ccc2c(c1)OCO2)C(=O)OCC(=O)Nc1ccc(Cl)c(S(=O)(=O)N2CCOCC2)c1. The van der Waals surface area contributed by atoms with Gasteiger partial charge in [-0.2, -0.15) is 9.57 Å². The van der Waals surface area contributed by atoms with E-state index in [1.54, 1.807) is 24.3 Å². The van der Waals surface area contributed by atoms with Gasteiger partial charge < -0.3 is 24.3 Å². The number of esters is 1. The highest BCUT2D eigenvalue weighted by Gasteiger charge is 2.28. The van der Waals surface area contributed by atoms with Crippen LogP contribution in [0, 0.1) is 11.3 Å². The second kappa shape index (κ2) is 11.0. The Morgan fingerprint density at radius 3 is 2.64 bits per heavy atom. The molecule has 2 aromatic carbocycles. The van der Waals surface area contributed by atoms with Crippen molar-refractivity contribution in [2.24, 2.45) is 0 Å². The molecule has 0 spiro atoms. The number of nitrogens with one attached hydrogen (secondary N) is 1. The largest absolute Gasteiger partial charge is 0.454 e. The molecular formula is C23H20ClN3O8S. The minimum Gasteiger partial charge on any atom is -0.454 e. The van der Waals surface area contributed by atoms with Crippen LogP contribution < -0.4 is 14.8 Å². The maximum Gasteiger partial charge on any atom is 0.349 e. The van der Waals surface area contributed by atoms with Crippen molar-refractivity contribution >= 4 is 45.3 Å². The first-order chi connectivity index (χ1) is 17.3. The maximum absolute atomic E-state index is 12.9. The first-order valence-corrected chi connectivity index (χ1v) is 12.5. The Balaban J connectivity index is 1.39. The number of benzene rings is 2. The highest BCUT2D eigenvalue weighted by Crippen LogP contribution is 2.33. The average Bonchev–Trinajstić information content (AvgIpc) is 3.35. The number of hydrogen-bond acceptors (Lipinski definition) is 9. The van der Waals surface area contributed by atoms with Crippen molar-refractivity contribution in [3.8, 4) is 17.6 Å². The molecule has 11 nitrogen and oxygen atoms in total. The Hall–Kier alpha value is -3.63. The van der Waals surface area contributed by atoms with Crippen LogP contribution in [0.25, 0.3) is 6.08 Å². The zero-order valence-electron chi connectivity index (χ0n) is 18.7. The van der Waals surface area contributed by atoms with E-state index in [0.29, 0.717) is 17.1 Å². The van der Waals surface area contributed by atoms with E-state index in [1.165, 1.54) is 28.6 Å². The van der Waals surface area contributed by atoms with Gasteiger partial charge in [0.15, 0.2) is 18.1 Å². The summed E-state index contributed by atoms with van der Waals surface area (Å²) in [5, 5.41) is 11.8. The number of halogens is 1. The Labute approximate surface area is 211 Å². The average molecular weight is 534 g/mol.